The second-order valence-electron chi connectivity index (χ2n) is 7.06. The summed E-state index contributed by atoms with van der Waals surface area (Å²) in [6.45, 7) is 0. The molecule has 0 aliphatic heterocycles. The Morgan fingerprint density at radius 2 is 1.78 bits per heavy atom. The largest absolute Gasteiger partial charge is 0.287 e. The molecule has 168 valence electrons. The molecule has 0 saturated carbocycles. The Labute approximate surface area is 202 Å². The van der Waals surface area contributed by atoms with Crippen LogP contribution >= 0.6 is 35.6 Å². The van der Waals surface area contributed by atoms with Crippen molar-refractivity contribution in [1.29, 1.82) is 0 Å². The molecule has 0 atom stereocenters. The SMILES string of the molecule is CN(O)C(=S)SCCCc1cnc(-c2ccc(Cl)cc2)c(-c2ccc(S(N)(=O)=O)cc2)c1. The number of thioether (sulfide) groups is 1. The van der Waals surface area contributed by atoms with Crippen LogP contribution in [0, 0.1) is 0 Å². The molecule has 0 fully saturated rings. The van der Waals surface area contributed by atoms with E-state index < -0.39 is 10.0 Å². The smallest absolute Gasteiger partial charge is 0.238 e. The maximum atomic E-state index is 11.6. The minimum Gasteiger partial charge on any atom is -0.287 e. The number of pyridine rings is 1. The van der Waals surface area contributed by atoms with E-state index in [1.54, 1.807) is 24.3 Å². The summed E-state index contributed by atoms with van der Waals surface area (Å²) in [5.74, 6) is 0.765. The van der Waals surface area contributed by atoms with Gasteiger partial charge in [0.05, 0.1) is 10.6 Å². The summed E-state index contributed by atoms with van der Waals surface area (Å²) in [7, 11) is -2.27. The van der Waals surface area contributed by atoms with Gasteiger partial charge in [0.2, 0.25) is 10.0 Å². The number of hydrogen-bond donors (Lipinski definition) is 2. The monoisotopic (exact) mass is 507 g/mol. The van der Waals surface area contributed by atoms with E-state index in [1.807, 2.05) is 18.3 Å². The third kappa shape index (κ3) is 6.50. The van der Waals surface area contributed by atoms with E-state index in [0.717, 1.165) is 51.6 Å². The number of nitrogens with zero attached hydrogens (tertiary/aromatic N) is 2. The Bertz CT molecular complexity index is 1200. The highest BCUT2D eigenvalue weighted by atomic mass is 35.5. The number of hydroxylamine groups is 2. The van der Waals surface area contributed by atoms with Gasteiger partial charge in [0.1, 0.15) is 0 Å². The summed E-state index contributed by atoms with van der Waals surface area (Å²) in [4.78, 5) is 4.76. The number of aromatic nitrogens is 1. The number of hydrogen-bond acceptors (Lipinski definition) is 6. The van der Waals surface area contributed by atoms with Crippen LogP contribution in [0.15, 0.2) is 65.7 Å². The van der Waals surface area contributed by atoms with Crippen molar-refractivity contribution >= 4 is 49.9 Å². The number of aryl methyl sites for hydroxylation is 1. The highest BCUT2D eigenvalue weighted by molar-refractivity contribution is 8.22. The minimum atomic E-state index is -3.77. The number of sulfonamides is 1. The van der Waals surface area contributed by atoms with Gasteiger partial charge in [-0.3, -0.25) is 10.2 Å². The fourth-order valence-electron chi connectivity index (χ4n) is 3.06. The second-order valence-corrected chi connectivity index (χ2v) is 10.8. The lowest BCUT2D eigenvalue weighted by atomic mass is 9.97. The summed E-state index contributed by atoms with van der Waals surface area (Å²) >= 11 is 12.5. The normalized spacial score (nSPS) is 11.4. The number of thiocarbonyl (C=S) groups is 1. The maximum Gasteiger partial charge on any atom is 0.238 e. The molecule has 0 spiro atoms. The van der Waals surface area contributed by atoms with Crippen molar-refractivity contribution in [1.82, 2.24) is 10.0 Å². The summed E-state index contributed by atoms with van der Waals surface area (Å²) in [5, 5.41) is 16.1. The van der Waals surface area contributed by atoms with Gasteiger partial charge in [-0.25, -0.2) is 18.6 Å². The van der Waals surface area contributed by atoms with Gasteiger partial charge in [0.15, 0.2) is 4.32 Å². The zero-order chi connectivity index (χ0) is 23.3. The zero-order valence-electron chi connectivity index (χ0n) is 17.2. The third-order valence-corrected chi connectivity index (χ3v) is 7.46. The summed E-state index contributed by atoms with van der Waals surface area (Å²) < 4.78 is 23.7. The number of primary sulfonamides is 1. The van der Waals surface area contributed by atoms with Crippen LogP contribution in [0.2, 0.25) is 5.02 Å². The van der Waals surface area contributed by atoms with Crippen LogP contribution in [0.4, 0.5) is 0 Å². The Morgan fingerprint density at radius 3 is 2.38 bits per heavy atom. The minimum absolute atomic E-state index is 0.0558. The van der Waals surface area contributed by atoms with Crippen molar-refractivity contribution in [2.45, 2.75) is 17.7 Å². The lowest BCUT2D eigenvalue weighted by Crippen LogP contribution is -2.17. The molecule has 10 heteroatoms. The predicted molar refractivity (Wildman–Crippen MR) is 134 cm³/mol. The van der Waals surface area contributed by atoms with E-state index in [2.05, 4.69) is 6.07 Å². The molecule has 1 heterocycles. The van der Waals surface area contributed by atoms with E-state index in [9.17, 15) is 13.6 Å². The molecule has 1 aromatic heterocycles. The van der Waals surface area contributed by atoms with E-state index >= 15 is 0 Å². The van der Waals surface area contributed by atoms with Crippen LogP contribution in [-0.2, 0) is 16.4 Å². The first-order chi connectivity index (χ1) is 15.1. The number of halogens is 1. The van der Waals surface area contributed by atoms with Crippen molar-refractivity contribution in [3.8, 4) is 22.4 Å². The second kappa shape index (κ2) is 10.7. The van der Waals surface area contributed by atoms with Crippen LogP contribution in [0.3, 0.4) is 0 Å². The Balaban J connectivity index is 1.91. The van der Waals surface area contributed by atoms with Gasteiger partial charge < -0.3 is 0 Å². The van der Waals surface area contributed by atoms with Crippen LogP contribution < -0.4 is 5.14 Å². The van der Waals surface area contributed by atoms with Crippen LogP contribution in [0.5, 0.6) is 0 Å². The number of nitrogens with two attached hydrogens (primary N) is 1. The summed E-state index contributed by atoms with van der Waals surface area (Å²) in [6.07, 6.45) is 3.47. The van der Waals surface area contributed by atoms with Crippen LogP contribution in [0.25, 0.3) is 22.4 Å². The highest BCUT2D eigenvalue weighted by Crippen LogP contribution is 2.32. The molecule has 3 aromatic rings. The van der Waals surface area contributed by atoms with E-state index in [4.69, 9.17) is 33.9 Å². The molecule has 0 saturated heterocycles. The molecule has 0 aliphatic carbocycles. The molecule has 32 heavy (non-hydrogen) atoms. The van der Waals surface area contributed by atoms with E-state index in [-0.39, 0.29) is 4.90 Å². The topological polar surface area (TPSA) is 96.5 Å². The summed E-state index contributed by atoms with van der Waals surface area (Å²) in [5.41, 5.74) is 4.42. The summed E-state index contributed by atoms with van der Waals surface area (Å²) in [6, 6.07) is 15.9. The Morgan fingerprint density at radius 1 is 1.16 bits per heavy atom. The van der Waals surface area contributed by atoms with E-state index in [0.29, 0.717) is 9.34 Å². The zero-order valence-corrected chi connectivity index (χ0v) is 20.4. The predicted octanol–water partition coefficient (Wildman–Crippen LogP) is 4.99. The number of benzene rings is 2. The molecule has 2 aromatic carbocycles. The molecule has 0 bridgehead atoms. The van der Waals surface area contributed by atoms with Crippen molar-refractivity contribution in [3.05, 3.63) is 71.4 Å². The van der Waals surface area contributed by atoms with Crippen LogP contribution in [0.1, 0.15) is 12.0 Å². The average molecular weight is 508 g/mol. The van der Waals surface area contributed by atoms with Crippen molar-refractivity contribution in [2.75, 3.05) is 12.8 Å². The highest BCUT2D eigenvalue weighted by Gasteiger charge is 2.13. The lowest BCUT2D eigenvalue weighted by Gasteiger charge is -2.13. The first kappa shape index (κ1) is 24.6. The first-order valence-corrected chi connectivity index (χ1v) is 12.9. The lowest BCUT2D eigenvalue weighted by molar-refractivity contribution is 0.0205. The first-order valence-electron chi connectivity index (χ1n) is 9.62. The molecule has 0 radical (unpaired) electrons. The molecule has 0 unspecified atom stereocenters. The molecule has 0 amide bonds. The van der Waals surface area contributed by atoms with Gasteiger partial charge in [0, 0.05) is 35.1 Å². The van der Waals surface area contributed by atoms with Gasteiger partial charge in [-0.2, -0.15) is 0 Å². The average Bonchev–Trinajstić information content (AvgIpc) is 2.76. The Kier molecular flexibility index (Phi) is 8.26. The van der Waals surface area contributed by atoms with Gasteiger partial charge >= 0.3 is 0 Å². The van der Waals surface area contributed by atoms with Gasteiger partial charge in [0.25, 0.3) is 0 Å². The van der Waals surface area contributed by atoms with Gasteiger partial charge in [-0.15, -0.1) is 0 Å². The van der Waals surface area contributed by atoms with Crippen LogP contribution in [-0.4, -0.2) is 40.8 Å². The van der Waals surface area contributed by atoms with Gasteiger partial charge in [-0.1, -0.05) is 59.8 Å². The molecule has 3 N–H and O–H groups in total. The van der Waals surface area contributed by atoms with Gasteiger partial charge in [-0.05, 0) is 54.3 Å². The molecule has 3 rings (SSSR count). The maximum absolute atomic E-state index is 11.6. The molecular formula is C22H22ClN3O3S3. The fraction of sp³-hybridized carbons (Fsp3) is 0.182. The number of rotatable bonds is 7. The quantitative estimate of drug-likeness (QED) is 0.264. The van der Waals surface area contributed by atoms with E-state index in [1.165, 1.54) is 30.9 Å². The third-order valence-electron chi connectivity index (χ3n) is 4.66. The van der Waals surface area contributed by atoms with Crippen molar-refractivity contribution < 1.29 is 13.6 Å². The Hall–Kier alpha value is -2.01. The van der Waals surface area contributed by atoms with Crippen molar-refractivity contribution in [2.24, 2.45) is 5.14 Å². The molecule has 6 nitrogen and oxygen atoms in total. The standard InChI is InChI=1S/C22H22ClN3O3S3/c1-26(27)22(30)31-12-2-3-15-13-20(16-6-10-19(11-7-16)32(24,28)29)21(25-14-15)17-4-8-18(23)9-5-17/h4-11,13-14,27H,2-3,12H2,1H3,(H2,24,28,29). The molecular weight excluding hydrogens is 486 g/mol. The molecule has 0 aliphatic rings. The van der Waals surface area contributed by atoms with Crippen molar-refractivity contribution in [3.63, 3.8) is 0 Å². The fourth-order valence-corrected chi connectivity index (χ4v) is 4.60.